The van der Waals surface area contributed by atoms with Crippen LogP contribution in [0.5, 0.6) is 0 Å². The molecule has 0 aliphatic heterocycles. The summed E-state index contributed by atoms with van der Waals surface area (Å²) in [6, 6.07) is 1.77. The molecule has 1 aromatic heterocycles. The summed E-state index contributed by atoms with van der Waals surface area (Å²) < 4.78 is 23.8. The number of hydrogen-bond donors (Lipinski definition) is 2. The van der Waals surface area contributed by atoms with Crippen LogP contribution in [-0.4, -0.2) is 30.1 Å². The maximum Gasteiger partial charge on any atom is 0.265 e. The van der Waals surface area contributed by atoms with Gasteiger partial charge in [-0.1, -0.05) is 0 Å². The molecule has 0 aliphatic rings. The largest absolute Gasteiger partial charge is 0.385 e. The van der Waals surface area contributed by atoms with Crippen LogP contribution >= 0.6 is 11.3 Å². The number of amides is 1. The third-order valence-corrected chi connectivity index (χ3v) is 2.85. The van der Waals surface area contributed by atoms with Gasteiger partial charge < -0.3 is 10.4 Å². The summed E-state index contributed by atoms with van der Waals surface area (Å²) in [5, 5.41) is 12.8. The third-order valence-electron chi connectivity index (χ3n) is 1.83. The molecular formula is C9H11F2NO2S. The fraction of sp³-hybridized carbons (Fsp3) is 0.444. The van der Waals surface area contributed by atoms with Crippen LogP contribution in [-0.2, 0) is 0 Å². The monoisotopic (exact) mass is 235 g/mol. The lowest BCUT2D eigenvalue weighted by Gasteiger charge is -2.10. The fourth-order valence-corrected chi connectivity index (χ4v) is 1.81. The molecule has 0 saturated heterocycles. The zero-order valence-corrected chi connectivity index (χ0v) is 8.85. The number of rotatable bonds is 4. The number of halogens is 2. The highest BCUT2D eigenvalue weighted by Crippen LogP contribution is 2.14. The molecule has 0 radical (unpaired) electrons. The number of thiophene rings is 1. The third kappa shape index (κ3) is 3.24. The van der Waals surface area contributed by atoms with Gasteiger partial charge in [-0.2, -0.15) is 0 Å². The van der Waals surface area contributed by atoms with Gasteiger partial charge in [-0.3, -0.25) is 4.79 Å². The van der Waals surface area contributed by atoms with Crippen molar-refractivity contribution >= 4 is 17.2 Å². The molecule has 6 heteroatoms. The van der Waals surface area contributed by atoms with E-state index in [1.54, 1.807) is 18.4 Å². The van der Waals surface area contributed by atoms with Crippen molar-refractivity contribution in [2.45, 2.75) is 19.5 Å². The van der Waals surface area contributed by atoms with Crippen LogP contribution < -0.4 is 5.32 Å². The fourth-order valence-electron chi connectivity index (χ4n) is 0.972. The Morgan fingerprint density at radius 2 is 2.33 bits per heavy atom. The lowest BCUT2D eigenvalue weighted by molar-refractivity contribution is -0.00268. The second-order valence-electron chi connectivity index (χ2n) is 3.04. The van der Waals surface area contributed by atoms with Crippen LogP contribution in [0.3, 0.4) is 0 Å². The number of nitrogens with one attached hydrogen (secondary N) is 1. The van der Waals surface area contributed by atoms with E-state index in [1.165, 1.54) is 11.3 Å². The van der Waals surface area contributed by atoms with Crippen LogP contribution in [0.2, 0.25) is 0 Å². The standard InChI is InChI=1S/C9H11F2NO2S/c1-5-2-3-15-7(5)9(14)12-4-6(13)8(10)11/h2-3,6,8,13H,4H2,1H3,(H,12,14). The van der Waals surface area contributed by atoms with Gasteiger partial charge in [-0.05, 0) is 23.9 Å². The molecule has 84 valence electrons. The Kier molecular flexibility index (Phi) is 4.16. The van der Waals surface area contributed by atoms with Gasteiger partial charge in [0, 0.05) is 6.54 Å². The Hall–Kier alpha value is -1.01. The van der Waals surface area contributed by atoms with E-state index in [9.17, 15) is 13.6 Å². The summed E-state index contributed by atoms with van der Waals surface area (Å²) in [6.45, 7) is 1.32. The Bertz CT molecular complexity index is 341. The number of aliphatic hydroxyl groups is 1. The zero-order valence-electron chi connectivity index (χ0n) is 8.04. The molecule has 1 aromatic rings. The van der Waals surface area contributed by atoms with Crippen molar-refractivity contribution in [3.8, 4) is 0 Å². The van der Waals surface area contributed by atoms with Crippen LogP contribution in [0.15, 0.2) is 11.4 Å². The summed E-state index contributed by atoms with van der Waals surface area (Å²) in [4.78, 5) is 11.9. The highest BCUT2D eigenvalue weighted by atomic mass is 32.1. The van der Waals surface area contributed by atoms with Crippen molar-refractivity contribution in [2.75, 3.05) is 6.54 Å². The number of carbonyl (C=O) groups is 1. The number of hydrogen-bond acceptors (Lipinski definition) is 3. The van der Waals surface area contributed by atoms with Crippen molar-refractivity contribution in [3.05, 3.63) is 21.9 Å². The molecule has 1 heterocycles. The van der Waals surface area contributed by atoms with Crippen molar-refractivity contribution in [1.82, 2.24) is 5.32 Å². The first-order valence-electron chi connectivity index (χ1n) is 4.31. The van der Waals surface area contributed by atoms with Crippen LogP contribution in [0.1, 0.15) is 15.2 Å². The molecule has 1 atom stereocenters. The number of aryl methyl sites for hydroxylation is 1. The predicted molar refractivity (Wildman–Crippen MR) is 53.4 cm³/mol. The average molecular weight is 235 g/mol. The zero-order chi connectivity index (χ0) is 11.4. The average Bonchev–Trinajstić information content (AvgIpc) is 2.60. The van der Waals surface area contributed by atoms with E-state index >= 15 is 0 Å². The second kappa shape index (κ2) is 5.18. The Labute approximate surface area is 89.7 Å². The SMILES string of the molecule is Cc1ccsc1C(=O)NCC(O)C(F)F. The van der Waals surface area contributed by atoms with Crippen molar-refractivity contribution < 1.29 is 18.7 Å². The van der Waals surface area contributed by atoms with Gasteiger partial charge in [0.2, 0.25) is 0 Å². The summed E-state index contributed by atoms with van der Waals surface area (Å²) in [5.74, 6) is -0.429. The molecule has 0 bridgehead atoms. The molecule has 0 saturated carbocycles. The molecule has 0 aliphatic carbocycles. The van der Waals surface area contributed by atoms with Crippen molar-refractivity contribution in [3.63, 3.8) is 0 Å². The van der Waals surface area contributed by atoms with Gasteiger partial charge in [0.15, 0.2) is 0 Å². The first kappa shape index (κ1) is 12.1. The molecule has 2 N–H and O–H groups in total. The van der Waals surface area contributed by atoms with E-state index in [0.717, 1.165) is 5.56 Å². The topological polar surface area (TPSA) is 49.3 Å². The summed E-state index contributed by atoms with van der Waals surface area (Å²) in [5.41, 5.74) is 0.795. The van der Waals surface area contributed by atoms with E-state index in [4.69, 9.17) is 5.11 Å². The van der Waals surface area contributed by atoms with Gasteiger partial charge in [0.25, 0.3) is 12.3 Å². The molecule has 1 amide bonds. The number of carbonyl (C=O) groups excluding carboxylic acids is 1. The number of alkyl halides is 2. The Morgan fingerprint density at radius 3 is 2.80 bits per heavy atom. The minimum Gasteiger partial charge on any atom is -0.385 e. The first-order chi connectivity index (χ1) is 7.02. The van der Waals surface area contributed by atoms with E-state index < -0.39 is 25.0 Å². The molecule has 0 aromatic carbocycles. The molecule has 3 nitrogen and oxygen atoms in total. The van der Waals surface area contributed by atoms with Crippen LogP contribution in [0, 0.1) is 6.92 Å². The van der Waals surface area contributed by atoms with E-state index in [2.05, 4.69) is 5.32 Å². The van der Waals surface area contributed by atoms with Crippen molar-refractivity contribution in [1.29, 1.82) is 0 Å². The maximum atomic E-state index is 11.9. The number of aliphatic hydroxyl groups excluding tert-OH is 1. The molecule has 0 fully saturated rings. The minimum absolute atomic E-state index is 0.429. The van der Waals surface area contributed by atoms with Gasteiger partial charge in [0.05, 0.1) is 4.88 Å². The van der Waals surface area contributed by atoms with Crippen LogP contribution in [0.25, 0.3) is 0 Å². The van der Waals surface area contributed by atoms with E-state index in [0.29, 0.717) is 4.88 Å². The van der Waals surface area contributed by atoms with E-state index in [-0.39, 0.29) is 0 Å². The lowest BCUT2D eigenvalue weighted by atomic mass is 10.3. The summed E-state index contributed by atoms with van der Waals surface area (Å²) in [7, 11) is 0. The molecule has 15 heavy (non-hydrogen) atoms. The lowest BCUT2D eigenvalue weighted by Crippen LogP contribution is -2.35. The molecule has 1 unspecified atom stereocenters. The van der Waals surface area contributed by atoms with Gasteiger partial charge in [-0.15, -0.1) is 11.3 Å². The second-order valence-corrected chi connectivity index (χ2v) is 3.96. The summed E-state index contributed by atoms with van der Waals surface area (Å²) >= 11 is 1.24. The first-order valence-corrected chi connectivity index (χ1v) is 5.19. The van der Waals surface area contributed by atoms with E-state index in [1.807, 2.05) is 0 Å². The molecule has 0 spiro atoms. The smallest absolute Gasteiger partial charge is 0.265 e. The van der Waals surface area contributed by atoms with Gasteiger partial charge >= 0.3 is 0 Å². The quantitative estimate of drug-likeness (QED) is 0.829. The minimum atomic E-state index is -2.84. The highest BCUT2D eigenvalue weighted by molar-refractivity contribution is 7.12. The molecule has 1 rings (SSSR count). The Balaban J connectivity index is 2.47. The normalized spacial score (nSPS) is 12.9. The molecular weight excluding hydrogens is 224 g/mol. The highest BCUT2D eigenvalue weighted by Gasteiger charge is 2.18. The van der Waals surface area contributed by atoms with Gasteiger partial charge in [0.1, 0.15) is 6.10 Å². The summed E-state index contributed by atoms with van der Waals surface area (Å²) in [6.07, 6.45) is -4.65. The Morgan fingerprint density at radius 1 is 1.67 bits per heavy atom. The van der Waals surface area contributed by atoms with Crippen molar-refractivity contribution in [2.24, 2.45) is 0 Å². The van der Waals surface area contributed by atoms with Gasteiger partial charge in [-0.25, -0.2) is 8.78 Å². The maximum absolute atomic E-state index is 11.9. The van der Waals surface area contributed by atoms with Crippen LogP contribution in [0.4, 0.5) is 8.78 Å². The predicted octanol–water partition coefficient (Wildman–Crippen LogP) is 1.41.